The number of fused-ring (bicyclic) bond motifs is 4. The van der Waals surface area contributed by atoms with Gasteiger partial charge in [0.25, 0.3) is 0 Å². The number of rotatable bonds is 4. The number of nitrogens with zero attached hydrogens (tertiary/aromatic N) is 1. The van der Waals surface area contributed by atoms with Gasteiger partial charge in [0.05, 0.1) is 23.5 Å². The molecule has 9 heteroatoms. The van der Waals surface area contributed by atoms with Gasteiger partial charge < -0.3 is 14.6 Å². The Morgan fingerprint density at radius 1 is 1.08 bits per heavy atom. The van der Waals surface area contributed by atoms with Gasteiger partial charge in [-0.25, -0.2) is 0 Å². The van der Waals surface area contributed by atoms with Gasteiger partial charge in [0.2, 0.25) is 0 Å². The van der Waals surface area contributed by atoms with Crippen LogP contribution in [0.25, 0.3) is 0 Å². The van der Waals surface area contributed by atoms with Crippen LogP contribution in [0.3, 0.4) is 0 Å². The number of aromatic nitrogens is 1. The molecule has 1 saturated heterocycles. The Kier molecular flexibility index (Phi) is 7.41. The fourth-order valence-electron chi connectivity index (χ4n) is 6.12. The van der Waals surface area contributed by atoms with Crippen LogP contribution < -0.4 is 0 Å². The smallest absolute Gasteiger partial charge is 0.390 e. The molecule has 1 unspecified atom stereocenters. The zero-order valence-electron chi connectivity index (χ0n) is 23.6. The summed E-state index contributed by atoms with van der Waals surface area (Å²) in [4.78, 5) is 5.01. The van der Waals surface area contributed by atoms with Gasteiger partial charge in [-0.3, -0.25) is 4.98 Å². The fraction of sp³-hybridized carbons (Fsp3) is 0.633. The maximum absolute atomic E-state index is 13.3. The number of alkyl halides is 3. The number of hydrogen-bond donors (Lipinski definition) is 1. The summed E-state index contributed by atoms with van der Waals surface area (Å²) < 4.78 is 59.4. The van der Waals surface area contributed by atoms with Crippen LogP contribution in [0.15, 0.2) is 24.3 Å². The van der Waals surface area contributed by atoms with E-state index in [1.165, 1.54) is 12.1 Å². The largest absolute Gasteiger partial charge is 0.416 e. The highest BCUT2D eigenvalue weighted by molar-refractivity contribution is 7.93. The lowest BCUT2D eigenvalue weighted by Gasteiger charge is -2.40. The first kappa shape index (κ1) is 28.9. The van der Waals surface area contributed by atoms with E-state index in [-0.39, 0.29) is 34.0 Å². The Hall–Kier alpha value is -1.65. The summed E-state index contributed by atoms with van der Waals surface area (Å²) >= 11 is -0.351. The van der Waals surface area contributed by atoms with E-state index in [2.05, 4.69) is 40.9 Å². The molecule has 0 saturated carbocycles. The predicted molar refractivity (Wildman–Crippen MR) is 145 cm³/mol. The van der Waals surface area contributed by atoms with Gasteiger partial charge in [0.15, 0.2) is 4.75 Å². The van der Waals surface area contributed by atoms with Gasteiger partial charge in [-0.2, -0.15) is 17.4 Å². The van der Waals surface area contributed by atoms with Crippen molar-refractivity contribution in [2.45, 2.75) is 95.6 Å². The maximum atomic E-state index is 13.3. The van der Waals surface area contributed by atoms with Crippen LogP contribution in [0.1, 0.15) is 105 Å². The molecule has 1 aliphatic carbocycles. The molecule has 1 fully saturated rings. The molecule has 2 aromatic rings. The Morgan fingerprint density at radius 2 is 1.72 bits per heavy atom. The summed E-state index contributed by atoms with van der Waals surface area (Å²) in [6.07, 6.45) is -0.350. The molecule has 2 aliphatic heterocycles. The number of hydrogen-bond acceptors (Lipinski definition) is 5. The van der Waals surface area contributed by atoms with E-state index in [0.29, 0.717) is 37.3 Å². The summed E-state index contributed by atoms with van der Waals surface area (Å²) in [6.45, 7) is 11.7. The molecule has 1 N–H and O–H groups in total. The average Bonchev–Trinajstić information content (AvgIpc) is 3.16. The number of benzene rings is 1. The molecule has 0 radical (unpaired) electrons. The van der Waals surface area contributed by atoms with Crippen LogP contribution in [-0.4, -0.2) is 34.3 Å². The zero-order valence-corrected chi connectivity index (χ0v) is 24.4. The molecule has 214 valence electrons. The Bertz CT molecular complexity index is 1220. The number of aliphatic hydroxyl groups excluding tert-OH is 1. The number of pyridine rings is 1. The first-order valence-corrected chi connectivity index (χ1v) is 15.1. The Balaban J connectivity index is 1.71. The first-order valence-electron chi connectivity index (χ1n) is 13.6. The minimum absolute atomic E-state index is 0.0426. The van der Waals surface area contributed by atoms with Gasteiger partial charge in [0.1, 0.15) is 29.6 Å². The second-order valence-corrected chi connectivity index (χ2v) is 15.1. The standard InChI is InChI=1S/C30H39F3NO4S/c1-27(2,3)39(6)38-22-16-28(4,5)15-20-23(22)25-24(21(17-35)34-20)26(37-29(25)11-13-36-14-12-29)18-7-9-19(10-8-18)30(31,32)33/h7-10,22,26,35H,11-17H2,1-6H3/q+1/t22-,26+,39?/m0/s1. The minimum Gasteiger partial charge on any atom is -0.390 e. The lowest BCUT2D eigenvalue weighted by molar-refractivity contribution is -0.137. The molecule has 3 aliphatic rings. The van der Waals surface area contributed by atoms with Crippen LogP contribution in [0, 0.1) is 5.41 Å². The van der Waals surface area contributed by atoms with Gasteiger partial charge in [-0.15, -0.1) is 0 Å². The van der Waals surface area contributed by atoms with Crippen LogP contribution in [0.2, 0.25) is 0 Å². The molecule has 3 heterocycles. The van der Waals surface area contributed by atoms with Crippen molar-refractivity contribution in [3.05, 3.63) is 63.5 Å². The van der Waals surface area contributed by atoms with Crippen molar-refractivity contribution in [1.82, 2.24) is 4.98 Å². The van der Waals surface area contributed by atoms with Crippen LogP contribution in [0.4, 0.5) is 13.2 Å². The second-order valence-electron chi connectivity index (χ2n) is 12.8. The van der Waals surface area contributed by atoms with E-state index < -0.39 is 23.4 Å². The highest BCUT2D eigenvalue weighted by Gasteiger charge is 2.53. The van der Waals surface area contributed by atoms with E-state index in [1.54, 1.807) is 0 Å². The summed E-state index contributed by atoms with van der Waals surface area (Å²) in [5, 5.41) is 10.5. The number of halogens is 3. The minimum atomic E-state index is -4.42. The van der Waals surface area contributed by atoms with E-state index in [4.69, 9.17) is 18.6 Å². The number of aliphatic hydroxyl groups is 1. The summed E-state index contributed by atoms with van der Waals surface area (Å²) in [7, 11) is 0. The van der Waals surface area contributed by atoms with Crippen LogP contribution in [0.5, 0.6) is 0 Å². The fourth-order valence-corrected chi connectivity index (χ4v) is 6.92. The SMILES string of the molecule is C[S+](O[C@H]1CC(C)(C)Cc2nc(CO)c3c(c21)C1(CCOCC1)O[C@@H]3c1ccc(C(F)(F)F)cc1)C(C)(C)C. The Morgan fingerprint density at radius 3 is 2.28 bits per heavy atom. The van der Waals surface area contributed by atoms with Crippen molar-refractivity contribution < 1.29 is 31.9 Å². The molecule has 3 atom stereocenters. The van der Waals surface area contributed by atoms with Gasteiger partial charge in [-0.1, -0.05) is 26.0 Å². The molecule has 39 heavy (non-hydrogen) atoms. The van der Waals surface area contributed by atoms with Gasteiger partial charge in [0, 0.05) is 42.9 Å². The Labute approximate surface area is 232 Å². The molecule has 1 spiro atoms. The van der Waals surface area contributed by atoms with Crippen molar-refractivity contribution in [2.24, 2.45) is 5.41 Å². The van der Waals surface area contributed by atoms with Crippen LogP contribution >= 0.6 is 0 Å². The summed E-state index contributed by atoms with van der Waals surface area (Å²) in [5.41, 5.74) is 3.45. The first-order chi connectivity index (χ1) is 18.2. The molecule has 5 nitrogen and oxygen atoms in total. The van der Waals surface area contributed by atoms with E-state index in [1.807, 2.05) is 0 Å². The normalized spacial score (nSPS) is 24.9. The topological polar surface area (TPSA) is 60.8 Å². The van der Waals surface area contributed by atoms with Crippen molar-refractivity contribution >= 4 is 11.2 Å². The highest BCUT2D eigenvalue weighted by atomic mass is 32.2. The molecule has 1 aromatic carbocycles. The zero-order chi connectivity index (χ0) is 28.4. The van der Waals surface area contributed by atoms with E-state index >= 15 is 0 Å². The molecule has 1 aromatic heterocycles. The lowest BCUT2D eigenvalue weighted by atomic mass is 9.70. The molecule has 0 bridgehead atoms. The molecule has 5 rings (SSSR count). The maximum Gasteiger partial charge on any atom is 0.416 e. The summed E-state index contributed by atoms with van der Waals surface area (Å²) in [5.74, 6) is 0. The average molecular weight is 567 g/mol. The molecular formula is C30H39F3NO4S+. The van der Waals surface area contributed by atoms with Crippen molar-refractivity contribution in [2.75, 3.05) is 19.5 Å². The third kappa shape index (κ3) is 5.37. The van der Waals surface area contributed by atoms with Crippen molar-refractivity contribution in [1.29, 1.82) is 0 Å². The molecular weight excluding hydrogens is 527 g/mol. The quantitative estimate of drug-likeness (QED) is 0.417. The monoisotopic (exact) mass is 566 g/mol. The van der Waals surface area contributed by atoms with Gasteiger partial charge >= 0.3 is 6.18 Å². The van der Waals surface area contributed by atoms with Crippen molar-refractivity contribution in [3.8, 4) is 0 Å². The second kappa shape index (κ2) is 10.0. The highest BCUT2D eigenvalue weighted by Crippen LogP contribution is 2.58. The molecule has 0 amide bonds. The van der Waals surface area contributed by atoms with Crippen LogP contribution in [-0.2, 0) is 49.6 Å². The predicted octanol–water partition coefficient (Wildman–Crippen LogP) is 6.71. The third-order valence-corrected chi connectivity index (χ3v) is 10.6. The number of ether oxygens (including phenoxy) is 2. The third-order valence-electron chi connectivity index (χ3n) is 8.31. The lowest BCUT2D eigenvalue weighted by Crippen LogP contribution is -2.39. The van der Waals surface area contributed by atoms with Gasteiger partial charge in [-0.05, 0) is 62.3 Å². The van der Waals surface area contributed by atoms with E-state index in [9.17, 15) is 18.3 Å². The van der Waals surface area contributed by atoms with Crippen molar-refractivity contribution in [3.63, 3.8) is 0 Å². The summed E-state index contributed by atoms with van der Waals surface area (Å²) in [6, 6.07) is 5.16. The van der Waals surface area contributed by atoms with E-state index in [0.717, 1.165) is 47.4 Å².